The molecule has 180 valence electrons. The van der Waals surface area contributed by atoms with E-state index in [9.17, 15) is 14.4 Å². The quantitative estimate of drug-likeness (QED) is 0.0897. The normalized spacial score (nSPS) is 11.0. The van der Waals surface area contributed by atoms with Crippen molar-refractivity contribution in [3.05, 3.63) is 117 Å². The zero-order valence-corrected chi connectivity index (χ0v) is 21.6. The first kappa shape index (κ1) is 25.3. The maximum Gasteiger partial charge on any atom is 0.262 e. The van der Waals surface area contributed by atoms with Crippen LogP contribution in [0.15, 0.2) is 106 Å². The number of benzene rings is 3. The summed E-state index contributed by atoms with van der Waals surface area (Å²) in [6.07, 6.45) is 4.87. The first-order chi connectivity index (χ1) is 17.4. The molecule has 0 aliphatic heterocycles. The molecule has 1 amide bonds. The van der Waals surface area contributed by atoms with E-state index >= 15 is 0 Å². The molecular formula is C28H22BrN3O3S. The van der Waals surface area contributed by atoms with Gasteiger partial charge in [0.05, 0.1) is 16.7 Å². The number of hydrogen-bond acceptors (Lipinski definition) is 5. The van der Waals surface area contributed by atoms with Gasteiger partial charge < -0.3 is 5.32 Å². The molecule has 1 heterocycles. The Morgan fingerprint density at radius 2 is 1.83 bits per heavy atom. The van der Waals surface area contributed by atoms with E-state index in [1.54, 1.807) is 54.6 Å². The summed E-state index contributed by atoms with van der Waals surface area (Å²) in [5, 5.41) is 3.77. The van der Waals surface area contributed by atoms with Crippen LogP contribution < -0.4 is 10.9 Å². The zero-order valence-electron chi connectivity index (χ0n) is 19.2. The number of halogens is 1. The molecule has 6 nitrogen and oxygen atoms in total. The van der Waals surface area contributed by atoms with E-state index in [0.29, 0.717) is 33.9 Å². The van der Waals surface area contributed by atoms with Crippen LogP contribution in [0.3, 0.4) is 0 Å². The number of anilines is 1. The van der Waals surface area contributed by atoms with E-state index in [4.69, 9.17) is 0 Å². The van der Waals surface area contributed by atoms with Crippen molar-refractivity contribution >= 4 is 62.0 Å². The Bertz CT molecular complexity index is 1530. The molecule has 8 heteroatoms. The molecule has 36 heavy (non-hydrogen) atoms. The zero-order chi connectivity index (χ0) is 25.5. The van der Waals surface area contributed by atoms with Gasteiger partial charge in [0.25, 0.3) is 5.56 Å². The standard InChI is InChI=1S/C28H22BrN3O3S/c1-2-16-32-27(35)23-8-3-4-9-24(23)31-28(32)36-18-26(34)30-22-7-5-6-20(17-22)25(33)15-12-19-10-13-21(29)14-11-19/h2-15,17H,1,16,18H2,(H,30,34)/b15-12+. The summed E-state index contributed by atoms with van der Waals surface area (Å²) in [6, 6.07) is 21.5. The first-order valence-corrected chi connectivity index (χ1v) is 12.8. The third-order valence-corrected chi connectivity index (χ3v) is 6.70. The van der Waals surface area contributed by atoms with Crippen molar-refractivity contribution in [3.8, 4) is 0 Å². The lowest BCUT2D eigenvalue weighted by Gasteiger charge is -2.11. The van der Waals surface area contributed by atoms with Gasteiger partial charge in [-0.25, -0.2) is 4.98 Å². The SMILES string of the molecule is C=CCn1c(SCC(=O)Nc2cccc(C(=O)/C=C/c3ccc(Br)cc3)c2)nc2ccccc2c1=O. The van der Waals surface area contributed by atoms with Crippen molar-refractivity contribution < 1.29 is 9.59 Å². The Morgan fingerprint density at radius 1 is 1.06 bits per heavy atom. The number of amides is 1. The van der Waals surface area contributed by atoms with Crippen LogP contribution in [0.2, 0.25) is 0 Å². The minimum absolute atomic E-state index is 0.0452. The summed E-state index contributed by atoms with van der Waals surface area (Å²) in [4.78, 5) is 42.7. The van der Waals surface area contributed by atoms with Crippen LogP contribution in [0.5, 0.6) is 0 Å². The molecule has 0 aliphatic rings. The summed E-state index contributed by atoms with van der Waals surface area (Å²) in [5.74, 6) is -0.399. The Labute approximate surface area is 220 Å². The Hall–Kier alpha value is -3.75. The largest absolute Gasteiger partial charge is 0.325 e. The summed E-state index contributed by atoms with van der Waals surface area (Å²) in [6.45, 7) is 4.01. The molecule has 1 aromatic heterocycles. The fourth-order valence-electron chi connectivity index (χ4n) is 3.47. The highest BCUT2D eigenvalue weighted by atomic mass is 79.9. The molecule has 3 aromatic carbocycles. The van der Waals surface area contributed by atoms with E-state index in [2.05, 4.69) is 32.8 Å². The first-order valence-electron chi connectivity index (χ1n) is 11.1. The van der Waals surface area contributed by atoms with Crippen molar-refractivity contribution in [3.63, 3.8) is 0 Å². The van der Waals surface area contributed by atoms with Crippen molar-refractivity contribution in [2.75, 3.05) is 11.1 Å². The molecule has 0 radical (unpaired) electrons. The maximum absolute atomic E-state index is 12.9. The second-order valence-corrected chi connectivity index (χ2v) is 9.64. The second-order valence-electron chi connectivity index (χ2n) is 7.78. The van der Waals surface area contributed by atoms with E-state index in [-0.39, 0.29) is 23.0 Å². The fourth-order valence-corrected chi connectivity index (χ4v) is 4.54. The van der Waals surface area contributed by atoms with Crippen molar-refractivity contribution in [1.29, 1.82) is 0 Å². The molecular weight excluding hydrogens is 538 g/mol. The van der Waals surface area contributed by atoms with E-state index in [1.807, 2.05) is 30.3 Å². The summed E-state index contributed by atoms with van der Waals surface area (Å²) < 4.78 is 2.47. The number of nitrogens with zero attached hydrogens (tertiary/aromatic N) is 2. The number of hydrogen-bond donors (Lipinski definition) is 1. The van der Waals surface area contributed by atoms with Crippen LogP contribution in [-0.4, -0.2) is 27.0 Å². The van der Waals surface area contributed by atoms with Crippen LogP contribution in [0.25, 0.3) is 17.0 Å². The predicted octanol–water partition coefficient (Wildman–Crippen LogP) is 5.97. The van der Waals surface area contributed by atoms with Gasteiger partial charge in [-0.15, -0.1) is 6.58 Å². The highest BCUT2D eigenvalue weighted by Gasteiger charge is 2.13. The number of aromatic nitrogens is 2. The molecule has 4 rings (SSSR count). The molecule has 0 atom stereocenters. The van der Waals surface area contributed by atoms with E-state index in [1.165, 1.54) is 22.4 Å². The minimum atomic E-state index is -0.275. The number of fused-ring (bicyclic) bond motifs is 1. The van der Waals surface area contributed by atoms with E-state index in [0.717, 1.165) is 10.0 Å². The molecule has 0 aliphatic carbocycles. The van der Waals surface area contributed by atoms with Gasteiger partial charge in [-0.3, -0.25) is 19.0 Å². The van der Waals surface area contributed by atoms with Crippen LogP contribution in [0.4, 0.5) is 5.69 Å². The smallest absolute Gasteiger partial charge is 0.262 e. The van der Waals surface area contributed by atoms with Gasteiger partial charge in [-0.2, -0.15) is 0 Å². The maximum atomic E-state index is 12.9. The molecule has 0 fully saturated rings. The number of allylic oxidation sites excluding steroid dienone is 2. The van der Waals surface area contributed by atoms with Gasteiger partial charge in [0.1, 0.15) is 0 Å². The average Bonchev–Trinajstić information content (AvgIpc) is 2.89. The second kappa shape index (κ2) is 11.8. The number of rotatable bonds is 9. The number of carbonyl (C=O) groups is 2. The van der Waals surface area contributed by atoms with Gasteiger partial charge in [0.2, 0.25) is 5.91 Å². The lowest BCUT2D eigenvalue weighted by Crippen LogP contribution is -2.23. The third kappa shape index (κ3) is 6.27. The highest BCUT2D eigenvalue weighted by molar-refractivity contribution is 9.10. The molecule has 1 N–H and O–H groups in total. The Balaban J connectivity index is 1.43. The van der Waals surface area contributed by atoms with Gasteiger partial charge in [0, 0.05) is 22.3 Å². The van der Waals surface area contributed by atoms with Crippen LogP contribution >= 0.6 is 27.7 Å². The third-order valence-electron chi connectivity index (χ3n) is 5.20. The summed E-state index contributed by atoms with van der Waals surface area (Å²) in [5.41, 5.74) is 2.28. The van der Waals surface area contributed by atoms with Gasteiger partial charge >= 0.3 is 0 Å². The topological polar surface area (TPSA) is 81.1 Å². The lowest BCUT2D eigenvalue weighted by atomic mass is 10.1. The van der Waals surface area contributed by atoms with Crippen molar-refractivity contribution in [1.82, 2.24) is 9.55 Å². The average molecular weight is 560 g/mol. The molecule has 0 saturated carbocycles. The molecule has 0 spiro atoms. The lowest BCUT2D eigenvalue weighted by molar-refractivity contribution is -0.113. The van der Waals surface area contributed by atoms with Crippen LogP contribution in [0, 0.1) is 0 Å². The Morgan fingerprint density at radius 3 is 2.61 bits per heavy atom. The monoisotopic (exact) mass is 559 g/mol. The Kier molecular flexibility index (Phi) is 8.30. The minimum Gasteiger partial charge on any atom is -0.325 e. The van der Waals surface area contributed by atoms with Crippen molar-refractivity contribution in [2.45, 2.75) is 11.7 Å². The number of thioether (sulfide) groups is 1. The molecule has 4 aromatic rings. The molecule has 0 bridgehead atoms. The van der Waals surface area contributed by atoms with E-state index < -0.39 is 0 Å². The number of para-hydroxylation sites is 1. The van der Waals surface area contributed by atoms with Crippen LogP contribution in [0.1, 0.15) is 15.9 Å². The number of ketones is 1. The van der Waals surface area contributed by atoms with Crippen LogP contribution in [-0.2, 0) is 11.3 Å². The van der Waals surface area contributed by atoms with Gasteiger partial charge in [0.15, 0.2) is 10.9 Å². The van der Waals surface area contributed by atoms with Gasteiger partial charge in [-0.05, 0) is 48.0 Å². The fraction of sp³-hybridized carbons (Fsp3) is 0.0714. The number of carbonyl (C=O) groups excluding carboxylic acids is 2. The predicted molar refractivity (Wildman–Crippen MR) is 150 cm³/mol. The number of nitrogens with one attached hydrogen (secondary N) is 1. The van der Waals surface area contributed by atoms with Gasteiger partial charge in [-0.1, -0.05) is 76.2 Å². The molecule has 0 saturated heterocycles. The summed E-state index contributed by atoms with van der Waals surface area (Å²) >= 11 is 4.56. The van der Waals surface area contributed by atoms with Crippen molar-refractivity contribution in [2.24, 2.45) is 0 Å². The summed E-state index contributed by atoms with van der Waals surface area (Å²) in [7, 11) is 0. The highest BCUT2D eigenvalue weighted by Crippen LogP contribution is 2.19. The molecule has 0 unspecified atom stereocenters.